The van der Waals surface area contributed by atoms with E-state index in [4.69, 9.17) is 9.47 Å². The number of methoxy groups -OCH3 is 2. The maximum Gasteiger partial charge on any atom is 0.0985 e. The van der Waals surface area contributed by atoms with Crippen LogP contribution in [0.4, 0.5) is 0 Å². The molecule has 0 heterocycles. The molecule has 2 saturated carbocycles. The Labute approximate surface area is 138 Å². The van der Waals surface area contributed by atoms with Crippen molar-refractivity contribution in [3.63, 3.8) is 0 Å². The summed E-state index contributed by atoms with van der Waals surface area (Å²) >= 11 is 0. The highest BCUT2D eigenvalue weighted by molar-refractivity contribution is 5.90. The average Bonchev–Trinajstić information content (AvgIpc) is 2.60. The quantitative estimate of drug-likeness (QED) is 0.613. The molecular weight excluding hydrogens is 296 g/mol. The van der Waals surface area contributed by atoms with Gasteiger partial charge in [-0.2, -0.15) is 0 Å². The van der Waals surface area contributed by atoms with Crippen LogP contribution in [0.15, 0.2) is 10.3 Å². The second-order valence-corrected chi connectivity index (χ2v) is 7.41. The molecule has 0 radical (unpaired) electrons. The summed E-state index contributed by atoms with van der Waals surface area (Å²) in [4.78, 5) is 0. The maximum absolute atomic E-state index is 9.27. The van der Waals surface area contributed by atoms with E-state index in [9.17, 15) is 10.4 Å². The third kappa shape index (κ3) is 3.69. The van der Waals surface area contributed by atoms with Crippen LogP contribution in [0, 0.1) is 17.3 Å². The van der Waals surface area contributed by atoms with E-state index in [-0.39, 0.29) is 17.6 Å². The predicted molar refractivity (Wildman–Crippen MR) is 88.5 cm³/mol. The molecule has 2 aliphatic carbocycles. The van der Waals surface area contributed by atoms with Gasteiger partial charge >= 0.3 is 0 Å². The van der Waals surface area contributed by atoms with E-state index >= 15 is 0 Å². The zero-order valence-corrected chi connectivity index (χ0v) is 14.7. The van der Waals surface area contributed by atoms with Gasteiger partial charge < -0.3 is 19.9 Å². The largest absolute Gasteiger partial charge is 0.411 e. The Hall–Kier alpha value is -1.14. The van der Waals surface area contributed by atoms with Gasteiger partial charge in [0.05, 0.1) is 23.6 Å². The third-order valence-corrected chi connectivity index (χ3v) is 6.14. The summed E-state index contributed by atoms with van der Waals surface area (Å²) in [7, 11) is 3.33. The van der Waals surface area contributed by atoms with Crippen molar-refractivity contribution in [1.82, 2.24) is 0 Å². The molecular formula is C17H30N2O4. The summed E-state index contributed by atoms with van der Waals surface area (Å²) in [5, 5.41) is 25.5. The Morgan fingerprint density at radius 2 is 1.22 bits per heavy atom. The van der Waals surface area contributed by atoms with Crippen LogP contribution in [0.2, 0.25) is 0 Å². The van der Waals surface area contributed by atoms with Crippen molar-refractivity contribution in [2.24, 2.45) is 27.6 Å². The molecule has 2 rings (SSSR count). The first-order chi connectivity index (χ1) is 11.0. The van der Waals surface area contributed by atoms with E-state index in [0.717, 1.165) is 49.9 Å². The molecule has 132 valence electrons. The van der Waals surface area contributed by atoms with Crippen LogP contribution in [0.3, 0.4) is 0 Å². The van der Waals surface area contributed by atoms with E-state index in [1.165, 1.54) is 0 Å². The summed E-state index contributed by atoms with van der Waals surface area (Å²) in [6, 6.07) is 0. The van der Waals surface area contributed by atoms with Gasteiger partial charge in [0.1, 0.15) is 0 Å². The van der Waals surface area contributed by atoms with Crippen LogP contribution in [0.1, 0.15) is 52.4 Å². The van der Waals surface area contributed by atoms with Crippen molar-refractivity contribution in [2.75, 3.05) is 14.2 Å². The monoisotopic (exact) mass is 326 g/mol. The molecule has 2 fully saturated rings. The first kappa shape index (κ1) is 18.2. The predicted octanol–water partition coefficient (Wildman–Crippen LogP) is 3.30. The van der Waals surface area contributed by atoms with E-state index in [1.807, 2.05) is 0 Å². The molecule has 0 amide bonds. The fourth-order valence-corrected chi connectivity index (χ4v) is 4.33. The van der Waals surface area contributed by atoms with Crippen LogP contribution < -0.4 is 0 Å². The Bertz CT molecular complexity index is 422. The van der Waals surface area contributed by atoms with Gasteiger partial charge in [-0.05, 0) is 55.8 Å². The zero-order chi connectivity index (χ0) is 17.0. The Balaban J connectivity index is 2.09. The second-order valence-electron chi connectivity index (χ2n) is 7.41. The first-order valence-electron chi connectivity index (χ1n) is 8.45. The number of ether oxygens (including phenoxy) is 2. The summed E-state index contributed by atoms with van der Waals surface area (Å²) in [5.74, 6) is 0.868. The highest BCUT2D eigenvalue weighted by Crippen LogP contribution is 2.47. The average molecular weight is 326 g/mol. The number of rotatable bonds is 4. The van der Waals surface area contributed by atoms with Gasteiger partial charge in [0.2, 0.25) is 0 Å². The summed E-state index contributed by atoms with van der Waals surface area (Å²) in [5.41, 5.74) is 1.57. The van der Waals surface area contributed by atoms with Gasteiger partial charge in [-0.3, -0.25) is 0 Å². The Kier molecular flexibility index (Phi) is 6.03. The molecule has 0 aromatic carbocycles. The molecule has 23 heavy (non-hydrogen) atoms. The summed E-state index contributed by atoms with van der Waals surface area (Å²) in [6.07, 6.45) is 5.28. The highest BCUT2D eigenvalue weighted by atomic mass is 16.5. The van der Waals surface area contributed by atoms with E-state index in [1.54, 1.807) is 14.2 Å². The minimum Gasteiger partial charge on any atom is -0.411 e. The lowest BCUT2D eigenvalue weighted by atomic mass is 9.60. The zero-order valence-electron chi connectivity index (χ0n) is 14.7. The lowest BCUT2D eigenvalue weighted by Gasteiger charge is -2.46. The van der Waals surface area contributed by atoms with Gasteiger partial charge in [-0.1, -0.05) is 24.2 Å². The van der Waals surface area contributed by atoms with E-state index < -0.39 is 0 Å². The number of hydrogen-bond acceptors (Lipinski definition) is 6. The van der Waals surface area contributed by atoms with Crippen LogP contribution in [0.5, 0.6) is 0 Å². The maximum atomic E-state index is 9.27. The third-order valence-electron chi connectivity index (χ3n) is 6.14. The lowest BCUT2D eigenvalue weighted by molar-refractivity contribution is 0.0445. The van der Waals surface area contributed by atoms with Crippen LogP contribution in [0.25, 0.3) is 0 Å². The van der Waals surface area contributed by atoms with Crippen molar-refractivity contribution < 1.29 is 19.9 Å². The van der Waals surface area contributed by atoms with Crippen LogP contribution in [-0.4, -0.2) is 48.3 Å². The molecule has 6 nitrogen and oxygen atoms in total. The van der Waals surface area contributed by atoms with Crippen molar-refractivity contribution in [3.05, 3.63) is 0 Å². The molecule has 2 aliphatic rings. The van der Waals surface area contributed by atoms with Crippen LogP contribution >= 0.6 is 0 Å². The minimum atomic E-state index is -0.0640. The molecule has 2 N–H and O–H groups in total. The standard InChI is InChI=1S/C17H30N2O4/c1-17(2,11-5-7-15(22-3)13(9-11)18-20)12-6-8-16(23-4)14(10-12)19-21/h11-12,15-16,20-21H,5-10H2,1-4H3/b18-13+,19-14+. The first-order valence-corrected chi connectivity index (χ1v) is 8.45. The molecule has 4 unspecified atom stereocenters. The van der Waals surface area contributed by atoms with Gasteiger partial charge in [0.15, 0.2) is 0 Å². The second kappa shape index (κ2) is 7.62. The molecule has 6 heteroatoms. The molecule has 0 spiro atoms. The van der Waals surface area contributed by atoms with Gasteiger partial charge in [0.25, 0.3) is 0 Å². The molecule has 0 bridgehead atoms. The molecule has 0 aromatic heterocycles. The number of hydrogen-bond donors (Lipinski definition) is 2. The molecule has 0 aliphatic heterocycles. The van der Waals surface area contributed by atoms with Crippen molar-refractivity contribution >= 4 is 11.4 Å². The van der Waals surface area contributed by atoms with E-state index in [2.05, 4.69) is 24.2 Å². The van der Waals surface area contributed by atoms with Gasteiger partial charge in [0, 0.05) is 14.2 Å². The Morgan fingerprint density at radius 3 is 1.52 bits per heavy atom. The molecule has 0 aromatic rings. The number of oxime groups is 2. The summed E-state index contributed by atoms with van der Waals surface area (Å²) in [6.45, 7) is 4.57. The highest BCUT2D eigenvalue weighted by Gasteiger charge is 2.43. The minimum absolute atomic E-state index is 0.0640. The topological polar surface area (TPSA) is 83.6 Å². The SMILES string of the molecule is COC1CCC(C(C)(C)C2CCC(OC)/C(=N/O)C2)C/C1=N\O. The lowest BCUT2D eigenvalue weighted by Crippen LogP contribution is -2.44. The summed E-state index contributed by atoms with van der Waals surface area (Å²) < 4.78 is 10.8. The van der Waals surface area contributed by atoms with Crippen LogP contribution in [-0.2, 0) is 9.47 Å². The normalized spacial score (nSPS) is 36.5. The van der Waals surface area contributed by atoms with Gasteiger partial charge in [-0.15, -0.1) is 0 Å². The van der Waals surface area contributed by atoms with Gasteiger partial charge in [-0.25, -0.2) is 0 Å². The smallest absolute Gasteiger partial charge is 0.0985 e. The fraction of sp³-hybridized carbons (Fsp3) is 0.882. The van der Waals surface area contributed by atoms with Crippen molar-refractivity contribution in [2.45, 2.75) is 64.6 Å². The van der Waals surface area contributed by atoms with Crippen molar-refractivity contribution in [1.29, 1.82) is 0 Å². The van der Waals surface area contributed by atoms with E-state index in [0.29, 0.717) is 11.8 Å². The number of nitrogens with zero attached hydrogens (tertiary/aromatic N) is 2. The molecule has 4 atom stereocenters. The van der Waals surface area contributed by atoms with Crippen molar-refractivity contribution in [3.8, 4) is 0 Å². The molecule has 0 saturated heterocycles. The fourth-order valence-electron chi connectivity index (χ4n) is 4.33. The Morgan fingerprint density at radius 1 is 0.826 bits per heavy atom.